The second kappa shape index (κ2) is 9.33. The summed E-state index contributed by atoms with van der Waals surface area (Å²) in [5.74, 6) is 0.447. The van der Waals surface area contributed by atoms with Crippen molar-refractivity contribution in [3.63, 3.8) is 0 Å². The molecule has 0 radical (unpaired) electrons. The van der Waals surface area contributed by atoms with Crippen LogP contribution in [0.2, 0.25) is 0 Å². The van der Waals surface area contributed by atoms with Crippen molar-refractivity contribution in [2.45, 2.75) is 18.1 Å². The topological polar surface area (TPSA) is 108 Å². The summed E-state index contributed by atoms with van der Waals surface area (Å²) in [4.78, 5) is 22.2. The standard InChI is InChI=1S/C24H26N4O4/c1-28(2)23-25-11-15(12-26-23)22(30)21(29)13-27-24(31)32-14-20-18-9-5-3-7-16(18)17-8-4-6-10-19(17)20/h3-12,20-22,29-30H,13-14H2,1-2H3,(H,27,31). The number of hydrogen-bond donors (Lipinski definition) is 3. The number of carbonyl (C=O) groups is 1. The molecule has 3 N–H and O–H groups in total. The molecule has 0 saturated carbocycles. The third-order valence-electron chi connectivity index (χ3n) is 5.56. The minimum atomic E-state index is -1.24. The number of benzene rings is 2. The Bertz CT molecular complexity index is 1040. The highest BCUT2D eigenvalue weighted by molar-refractivity contribution is 5.79. The quantitative estimate of drug-likeness (QED) is 0.524. The van der Waals surface area contributed by atoms with Crippen LogP contribution in [-0.2, 0) is 4.74 Å². The van der Waals surface area contributed by atoms with Crippen LogP contribution in [0.4, 0.5) is 10.7 Å². The van der Waals surface area contributed by atoms with Crippen molar-refractivity contribution in [3.8, 4) is 11.1 Å². The summed E-state index contributed by atoms with van der Waals surface area (Å²) < 4.78 is 5.44. The van der Waals surface area contributed by atoms with Gasteiger partial charge in [-0.1, -0.05) is 48.5 Å². The number of aromatic nitrogens is 2. The van der Waals surface area contributed by atoms with Gasteiger partial charge in [0.15, 0.2) is 0 Å². The van der Waals surface area contributed by atoms with Crippen LogP contribution in [0, 0.1) is 0 Å². The van der Waals surface area contributed by atoms with Crippen LogP contribution in [0.25, 0.3) is 11.1 Å². The average Bonchev–Trinajstić information content (AvgIpc) is 3.14. The smallest absolute Gasteiger partial charge is 0.407 e. The number of anilines is 1. The van der Waals surface area contributed by atoms with E-state index in [0.29, 0.717) is 11.5 Å². The van der Waals surface area contributed by atoms with E-state index in [9.17, 15) is 15.0 Å². The van der Waals surface area contributed by atoms with Crippen LogP contribution in [0.5, 0.6) is 0 Å². The number of nitrogens with zero attached hydrogens (tertiary/aromatic N) is 3. The van der Waals surface area contributed by atoms with Gasteiger partial charge in [-0.3, -0.25) is 0 Å². The number of ether oxygens (including phenoxy) is 1. The van der Waals surface area contributed by atoms with Crippen LogP contribution in [0.15, 0.2) is 60.9 Å². The highest BCUT2D eigenvalue weighted by Crippen LogP contribution is 2.44. The molecule has 8 heteroatoms. The van der Waals surface area contributed by atoms with Gasteiger partial charge < -0.3 is 25.2 Å². The highest BCUT2D eigenvalue weighted by atomic mass is 16.5. The Morgan fingerprint density at radius 1 is 1.03 bits per heavy atom. The normalized spacial score (nSPS) is 14.2. The molecule has 2 atom stereocenters. The molecule has 1 amide bonds. The Morgan fingerprint density at radius 2 is 1.59 bits per heavy atom. The van der Waals surface area contributed by atoms with E-state index in [1.54, 1.807) is 19.0 Å². The summed E-state index contributed by atoms with van der Waals surface area (Å²) in [6, 6.07) is 16.2. The van der Waals surface area contributed by atoms with E-state index in [0.717, 1.165) is 22.3 Å². The fourth-order valence-corrected chi connectivity index (χ4v) is 3.89. The molecule has 0 saturated heterocycles. The Balaban J connectivity index is 1.32. The van der Waals surface area contributed by atoms with E-state index >= 15 is 0 Å². The second-order valence-electron chi connectivity index (χ2n) is 7.93. The van der Waals surface area contributed by atoms with Crippen molar-refractivity contribution in [2.24, 2.45) is 0 Å². The lowest BCUT2D eigenvalue weighted by atomic mass is 9.98. The third-order valence-corrected chi connectivity index (χ3v) is 5.56. The van der Waals surface area contributed by atoms with E-state index < -0.39 is 18.3 Å². The molecule has 8 nitrogen and oxygen atoms in total. The molecule has 0 aliphatic heterocycles. The summed E-state index contributed by atoms with van der Waals surface area (Å²) >= 11 is 0. The summed E-state index contributed by atoms with van der Waals surface area (Å²) in [6.07, 6.45) is -0.228. The molecule has 1 aliphatic rings. The van der Waals surface area contributed by atoms with Gasteiger partial charge in [0.25, 0.3) is 0 Å². The van der Waals surface area contributed by atoms with E-state index in [1.165, 1.54) is 12.4 Å². The number of amides is 1. The predicted molar refractivity (Wildman–Crippen MR) is 120 cm³/mol. The number of rotatable bonds is 7. The Morgan fingerprint density at radius 3 is 2.16 bits per heavy atom. The lowest BCUT2D eigenvalue weighted by molar-refractivity contribution is 0.0181. The van der Waals surface area contributed by atoms with Gasteiger partial charge in [0, 0.05) is 44.5 Å². The first-order valence-electron chi connectivity index (χ1n) is 10.4. The minimum absolute atomic E-state index is 0.0453. The van der Waals surface area contributed by atoms with Crippen molar-refractivity contribution in [1.82, 2.24) is 15.3 Å². The van der Waals surface area contributed by atoms with Crippen molar-refractivity contribution in [2.75, 3.05) is 32.1 Å². The zero-order valence-corrected chi connectivity index (χ0v) is 18.0. The predicted octanol–water partition coefficient (Wildman–Crippen LogP) is 2.48. The number of hydrogen-bond acceptors (Lipinski definition) is 7. The maximum atomic E-state index is 12.3. The van der Waals surface area contributed by atoms with Crippen LogP contribution in [0.3, 0.4) is 0 Å². The van der Waals surface area contributed by atoms with Gasteiger partial charge in [-0.25, -0.2) is 14.8 Å². The number of aliphatic hydroxyl groups is 2. The Hall–Kier alpha value is -3.49. The minimum Gasteiger partial charge on any atom is -0.449 e. The lowest BCUT2D eigenvalue weighted by Crippen LogP contribution is -2.36. The van der Waals surface area contributed by atoms with Gasteiger partial charge in [0.05, 0.1) is 0 Å². The molecule has 1 heterocycles. The number of carbonyl (C=O) groups excluding carboxylic acids is 1. The average molecular weight is 434 g/mol. The molecule has 1 aliphatic carbocycles. The van der Waals surface area contributed by atoms with Crippen LogP contribution < -0.4 is 10.2 Å². The zero-order valence-electron chi connectivity index (χ0n) is 18.0. The van der Waals surface area contributed by atoms with Crippen molar-refractivity contribution < 1.29 is 19.7 Å². The first-order valence-corrected chi connectivity index (χ1v) is 10.4. The van der Waals surface area contributed by atoms with Gasteiger partial charge in [0.2, 0.25) is 5.95 Å². The van der Waals surface area contributed by atoms with Gasteiger partial charge in [0.1, 0.15) is 18.8 Å². The fraction of sp³-hybridized carbons (Fsp3) is 0.292. The first-order chi connectivity index (χ1) is 15.5. The molecule has 0 spiro atoms. The van der Waals surface area contributed by atoms with E-state index in [-0.39, 0.29) is 19.1 Å². The zero-order chi connectivity index (χ0) is 22.7. The molecule has 4 rings (SSSR count). The molecule has 32 heavy (non-hydrogen) atoms. The van der Waals surface area contributed by atoms with E-state index in [4.69, 9.17) is 4.74 Å². The van der Waals surface area contributed by atoms with E-state index in [2.05, 4.69) is 27.4 Å². The second-order valence-corrected chi connectivity index (χ2v) is 7.93. The summed E-state index contributed by atoms with van der Waals surface area (Å²) in [5.41, 5.74) is 4.91. The Kier molecular flexibility index (Phi) is 6.34. The maximum absolute atomic E-state index is 12.3. The van der Waals surface area contributed by atoms with Crippen molar-refractivity contribution in [1.29, 1.82) is 0 Å². The summed E-state index contributed by atoms with van der Waals surface area (Å²) in [7, 11) is 3.61. The summed E-state index contributed by atoms with van der Waals surface area (Å²) in [6.45, 7) is 0.00557. The van der Waals surface area contributed by atoms with Gasteiger partial charge in [-0.15, -0.1) is 0 Å². The monoisotopic (exact) mass is 434 g/mol. The number of nitrogens with one attached hydrogen (secondary N) is 1. The lowest BCUT2D eigenvalue weighted by Gasteiger charge is -2.19. The Labute approximate surface area is 186 Å². The first kappa shape index (κ1) is 21.7. The number of fused-ring (bicyclic) bond motifs is 3. The SMILES string of the molecule is CN(C)c1ncc(C(O)C(O)CNC(=O)OCC2c3ccccc3-c3ccccc32)cn1. The molecule has 1 aromatic heterocycles. The molecular weight excluding hydrogens is 408 g/mol. The summed E-state index contributed by atoms with van der Waals surface area (Å²) in [5, 5.41) is 23.1. The maximum Gasteiger partial charge on any atom is 0.407 e. The largest absolute Gasteiger partial charge is 0.449 e. The third kappa shape index (κ3) is 4.42. The molecule has 2 aromatic carbocycles. The molecular formula is C24H26N4O4. The van der Waals surface area contributed by atoms with Gasteiger partial charge in [-0.2, -0.15) is 0 Å². The van der Waals surface area contributed by atoms with Crippen molar-refractivity contribution in [3.05, 3.63) is 77.6 Å². The van der Waals surface area contributed by atoms with Crippen LogP contribution in [0.1, 0.15) is 28.7 Å². The molecule has 0 fully saturated rings. The number of aliphatic hydroxyl groups excluding tert-OH is 2. The van der Waals surface area contributed by atoms with E-state index in [1.807, 2.05) is 36.4 Å². The van der Waals surface area contributed by atoms with Gasteiger partial charge >= 0.3 is 6.09 Å². The molecule has 0 bridgehead atoms. The molecule has 3 aromatic rings. The molecule has 166 valence electrons. The fourth-order valence-electron chi connectivity index (χ4n) is 3.89. The number of alkyl carbamates (subject to hydrolysis) is 1. The molecule has 2 unspecified atom stereocenters. The van der Waals surface area contributed by atoms with Crippen molar-refractivity contribution >= 4 is 12.0 Å². The highest BCUT2D eigenvalue weighted by Gasteiger charge is 2.29. The van der Waals surface area contributed by atoms with Crippen LogP contribution >= 0.6 is 0 Å². The van der Waals surface area contributed by atoms with Crippen LogP contribution in [-0.4, -0.2) is 59.6 Å². The van der Waals surface area contributed by atoms with Gasteiger partial charge in [-0.05, 0) is 22.3 Å².